The van der Waals surface area contributed by atoms with Crippen LogP contribution >= 0.6 is 0 Å². The average Bonchev–Trinajstić information content (AvgIpc) is 3.08. The lowest BCUT2D eigenvalue weighted by molar-refractivity contribution is -0.895. The molecule has 3 rings (SSSR count). The van der Waals surface area contributed by atoms with E-state index in [2.05, 4.69) is 13.8 Å². The van der Waals surface area contributed by atoms with E-state index >= 15 is 0 Å². The highest BCUT2D eigenvalue weighted by Gasteiger charge is 2.65. The summed E-state index contributed by atoms with van der Waals surface area (Å²) in [5.74, 6) is -2.72. The maximum absolute atomic E-state index is 12.6. The molecule has 3 heterocycles. The number of carboxylic acids is 1. The van der Waals surface area contributed by atoms with Crippen LogP contribution in [0.3, 0.4) is 0 Å². The molecule has 1 N–H and O–H groups in total. The first-order valence-corrected chi connectivity index (χ1v) is 7.72. The number of fused-ring (bicyclic) bond motifs is 1. The summed E-state index contributed by atoms with van der Waals surface area (Å²) < 4.78 is 5.82. The fraction of sp³-hybridized carbons (Fsp3) is 0.733. The average molecular weight is 294 g/mol. The van der Waals surface area contributed by atoms with Gasteiger partial charge in [0.05, 0.1) is 44.7 Å². The van der Waals surface area contributed by atoms with Gasteiger partial charge in [0.15, 0.2) is 0 Å². The lowest BCUT2D eigenvalue weighted by atomic mass is 9.77. The van der Waals surface area contributed by atoms with Crippen LogP contribution in [0.15, 0.2) is 12.2 Å². The summed E-state index contributed by atoms with van der Waals surface area (Å²) in [6.45, 7) is 8.28. The van der Waals surface area contributed by atoms with Crippen molar-refractivity contribution in [2.75, 3.05) is 32.7 Å². The van der Waals surface area contributed by atoms with Crippen LogP contribution in [0.25, 0.3) is 0 Å². The third kappa shape index (κ3) is 2.08. The number of nitrogens with one attached hydrogen (secondary N) is 1. The Balaban J connectivity index is 1.74. The number of amides is 1. The number of carboxylic acid groups (broad SMARTS) is 1. The molecule has 3 aliphatic heterocycles. The molecule has 0 aromatic carbocycles. The number of carbonyl (C=O) groups is 2. The number of likely N-dealkylation sites (tertiary alicyclic amines) is 1. The fourth-order valence-electron chi connectivity index (χ4n) is 3.93. The molecule has 2 saturated heterocycles. The first kappa shape index (κ1) is 14.5. The van der Waals surface area contributed by atoms with Crippen molar-refractivity contribution in [2.45, 2.75) is 25.6 Å². The zero-order valence-electron chi connectivity index (χ0n) is 12.5. The van der Waals surface area contributed by atoms with Gasteiger partial charge >= 0.3 is 0 Å². The molecular weight excluding hydrogens is 272 g/mol. The second-order valence-electron chi connectivity index (χ2n) is 6.19. The molecule has 4 atom stereocenters. The molecule has 6 nitrogen and oxygen atoms in total. The van der Waals surface area contributed by atoms with E-state index in [-0.39, 0.29) is 5.91 Å². The first-order valence-electron chi connectivity index (χ1n) is 7.72. The standard InChI is InChI=1S/C15H22N2O4/c1-3-16(4-2)7-8-17-9-15-6-5-10(21-15)11(14(19)20)12(15)13(17)18/h5-6,10-12H,3-4,7-9H2,1-2H3,(H,19,20)/t10-,11+,12-,15+/m1/s1. The van der Waals surface area contributed by atoms with Gasteiger partial charge in [-0.3, -0.25) is 4.79 Å². The number of hydrogen-bond acceptors (Lipinski definition) is 4. The lowest BCUT2D eigenvalue weighted by Gasteiger charge is -2.24. The Bertz CT molecular complexity index is 488. The molecule has 0 aromatic rings. The highest BCUT2D eigenvalue weighted by molar-refractivity contribution is 5.90. The number of ether oxygens (including phenoxy) is 1. The number of rotatable bonds is 6. The Morgan fingerprint density at radius 2 is 2.24 bits per heavy atom. The van der Waals surface area contributed by atoms with E-state index in [1.807, 2.05) is 6.08 Å². The SMILES string of the molecule is CC[NH+](CC)CCN1C[C@]23C=C[C@@H](O2)[C@H](C(=O)[O-])[C@@H]3C1=O. The minimum absolute atomic E-state index is 0.0948. The summed E-state index contributed by atoms with van der Waals surface area (Å²) in [6.07, 6.45) is 3.15. The quantitative estimate of drug-likeness (QED) is 0.547. The summed E-state index contributed by atoms with van der Waals surface area (Å²) in [4.78, 5) is 27.1. The van der Waals surface area contributed by atoms with E-state index in [4.69, 9.17) is 4.74 Å². The van der Waals surface area contributed by atoms with Crippen molar-refractivity contribution in [3.63, 3.8) is 0 Å². The first-order chi connectivity index (χ1) is 10.0. The molecule has 3 aliphatic rings. The van der Waals surface area contributed by atoms with Crippen LogP contribution in [0.4, 0.5) is 0 Å². The smallest absolute Gasteiger partial charge is 0.230 e. The number of nitrogens with zero attached hydrogens (tertiary/aromatic N) is 1. The van der Waals surface area contributed by atoms with Crippen LogP contribution in [-0.2, 0) is 14.3 Å². The van der Waals surface area contributed by atoms with Crippen molar-refractivity contribution in [1.29, 1.82) is 0 Å². The van der Waals surface area contributed by atoms with Crippen LogP contribution in [0.1, 0.15) is 13.8 Å². The number of carbonyl (C=O) groups excluding carboxylic acids is 2. The molecule has 1 spiro atoms. The van der Waals surface area contributed by atoms with E-state index in [0.717, 1.165) is 19.6 Å². The molecule has 0 saturated carbocycles. The van der Waals surface area contributed by atoms with Gasteiger partial charge in [0.25, 0.3) is 0 Å². The highest BCUT2D eigenvalue weighted by atomic mass is 16.5. The third-order valence-corrected chi connectivity index (χ3v) is 5.19. The van der Waals surface area contributed by atoms with Crippen molar-refractivity contribution in [3.8, 4) is 0 Å². The number of hydrogen-bond donors (Lipinski definition) is 1. The number of likely N-dealkylation sites (N-methyl/N-ethyl adjacent to an activating group) is 1. The molecule has 21 heavy (non-hydrogen) atoms. The molecule has 0 aliphatic carbocycles. The van der Waals surface area contributed by atoms with Crippen LogP contribution in [0.5, 0.6) is 0 Å². The molecule has 1 amide bonds. The van der Waals surface area contributed by atoms with Crippen molar-refractivity contribution >= 4 is 11.9 Å². The molecule has 0 radical (unpaired) electrons. The van der Waals surface area contributed by atoms with Crippen LogP contribution < -0.4 is 10.0 Å². The Hall–Kier alpha value is -1.40. The largest absolute Gasteiger partial charge is 0.550 e. The van der Waals surface area contributed by atoms with Gasteiger partial charge in [-0.1, -0.05) is 12.2 Å². The van der Waals surface area contributed by atoms with Crippen LogP contribution in [0, 0.1) is 11.8 Å². The molecule has 2 bridgehead atoms. The van der Waals surface area contributed by atoms with Gasteiger partial charge in [-0.25, -0.2) is 0 Å². The second-order valence-corrected chi connectivity index (χ2v) is 6.19. The van der Waals surface area contributed by atoms with Crippen molar-refractivity contribution < 1.29 is 24.3 Å². The van der Waals surface area contributed by atoms with Crippen molar-refractivity contribution in [3.05, 3.63) is 12.2 Å². The normalized spacial score (nSPS) is 36.8. The molecule has 0 aromatic heterocycles. The maximum Gasteiger partial charge on any atom is 0.230 e. The van der Waals surface area contributed by atoms with Gasteiger partial charge in [0.2, 0.25) is 5.91 Å². The van der Waals surface area contributed by atoms with Crippen molar-refractivity contribution in [1.82, 2.24) is 4.90 Å². The van der Waals surface area contributed by atoms with Gasteiger partial charge in [-0.15, -0.1) is 0 Å². The molecule has 6 heteroatoms. The van der Waals surface area contributed by atoms with Gasteiger partial charge < -0.3 is 24.4 Å². The molecule has 116 valence electrons. The summed E-state index contributed by atoms with van der Waals surface area (Å²) >= 11 is 0. The Kier molecular flexibility index (Phi) is 3.53. The van der Waals surface area contributed by atoms with Gasteiger partial charge in [-0.05, 0) is 13.8 Å². The third-order valence-electron chi connectivity index (χ3n) is 5.19. The van der Waals surface area contributed by atoms with Crippen LogP contribution in [-0.4, -0.2) is 61.2 Å². The summed E-state index contributed by atoms with van der Waals surface area (Å²) in [7, 11) is 0. The minimum atomic E-state index is -1.18. The maximum atomic E-state index is 12.6. The van der Waals surface area contributed by atoms with E-state index in [1.165, 1.54) is 4.90 Å². The number of aliphatic carboxylic acids is 1. The van der Waals surface area contributed by atoms with Crippen LogP contribution in [0.2, 0.25) is 0 Å². The van der Waals surface area contributed by atoms with E-state index in [9.17, 15) is 14.7 Å². The minimum Gasteiger partial charge on any atom is -0.550 e. The highest BCUT2D eigenvalue weighted by Crippen LogP contribution is 2.51. The fourth-order valence-corrected chi connectivity index (χ4v) is 3.93. The number of quaternary nitrogens is 1. The summed E-state index contributed by atoms with van der Waals surface area (Å²) in [6, 6.07) is 0. The van der Waals surface area contributed by atoms with E-state index < -0.39 is 29.5 Å². The molecular formula is C15H22N2O4. The Labute approximate surface area is 124 Å². The Morgan fingerprint density at radius 3 is 2.86 bits per heavy atom. The topological polar surface area (TPSA) is 74.1 Å². The zero-order chi connectivity index (χ0) is 15.2. The monoisotopic (exact) mass is 294 g/mol. The molecule has 0 unspecified atom stereocenters. The van der Waals surface area contributed by atoms with Gasteiger partial charge in [0, 0.05) is 11.9 Å². The van der Waals surface area contributed by atoms with E-state index in [1.54, 1.807) is 11.0 Å². The van der Waals surface area contributed by atoms with Crippen molar-refractivity contribution in [2.24, 2.45) is 11.8 Å². The van der Waals surface area contributed by atoms with Gasteiger partial charge in [-0.2, -0.15) is 0 Å². The predicted octanol–water partition coefficient (Wildman–Crippen LogP) is -2.56. The lowest BCUT2D eigenvalue weighted by Crippen LogP contribution is -3.12. The second kappa shape index (κ2) is 5.10. The zero-order valence-corrected chi connectivity index (χ0v) is 12.5. The predicted molar refractivity (Wildman–Crippen MR) is 72.2 cm³/mol. The molecule has 2 fully saturated rings. The van der Waals surface area contributed by atoms with E-state index in [0.29, 0.717) is 13.1 Å². The summed E-state index contributed by atoms with van der Waals surface area (Å²) in [5.41, 5.74) is -0.731. The van der Waals surface area contributed by atoms with Gasteiger partial charge in [0.1, 0.15) is 5.60 Å². The Morgan fingerprint density at radius 1 is 1.52 bits per heavy atom. The summed E-state index contributed by atoms with van der Waals surface area (Å²) in [5, 5.41) is 11.3.